The Bertz CT molecular complexity index is 572. The van der Waals surface area contributed by atoms with Gasteiger partial charge in [0, 0.05) is 37.2 Å². The Morgan fingerprint density at radius 1 is 1.27 bits per heavy atom. The van der Waals surface area contributed by atoms with Gasteiger partial charge in [-0.3, -0.25) is 9.69 Å². The number of nitrogens with zero attached hydrogens (tertiary/aromatic N) is 1. The van der Waals surface area contributed by atoms with E-state index in [0.717, 1.165) is 50.6 Å². The lowest BCUT2D eigenvalue weighted by Gasteiger charge is -2.37. The van der Waals surface area contributed by atoms with Crippen molar-refractivity contribution in [3.63, 3.8) is 0 Å². The number of carbonyl (C=O) groups is 1. The molecule has 1 aromatic rings. The van der Waals surface area contributed by atoms with Crippen LogP contribution in [0.25, 0.3) is 0 Å². The molecule has 1 aliphatic heterocycles. The van der Waals surface area contributed by atoms with Crippen LogP contribution in [0.1, 0.15) is 48.5 Å². The first-order valence-corrected chi connectivity index (χ1v) is 9.97. The topological polar surface area (TPSA) is 53.6 Å². The molecule has 5 nitrogen and oxygen atoms in total. The third-order valence-corrected chi connectivity index (χ3v) is 5.81. The van der Waals surface area contributed by atoms with E-state index in [0.29, 0.717) is 13.2 Å². The summed E-state index contributed by atoms with van der Waals surface area (Å²) in [6, 6.07) is 8.86. The highest BCUT2D eigenvalue weighted by molar-refractivity contribution is 5.94. The van der Waals surface area contributed by atoms with E-state index >= 15 is 0 Å². The van der Waals surface area contributed by atoms with Crippen molar-refractivity contribution < 1.29 is 9.53 Å². The molecule has 1 aliphatic carbocycles. The van der Waals surface area contributed by atoms with Crippen LogP contribution in [-0.2, 0) is 11.3 Å². The normalized spacial score (nSPS) is 19.5. The molecule has 0 spiro atoms. The lowest BCUT2D eigenvalue weighted by Crippen LogP contribution is -2.47. The van der Waals surface area contributed by atoms with Crippen molar-refractivity contribution in [3.05, 3.63) is 35.4 Å². The van der Waals surface area contributed by atoms with E-state index in [4.69, 9.17) is 4.74 Å². The zero-order chi connectivity index (χ0) is 18.4. The highest BCUT2D eigenvalue weighted by atomic mass is 16.5. The fourth-order valence-corrected chi connectivity index (χ4v) is 3.94. The molecule has 0 bridgehead atoms. The van der Waals surface area contributed by atoms with Gasteiger partial charge in [0.15, 0.2) is 0 Å². The molecule has 3 rings (SSSR count). The number of benzene rings is 1. The van der Waals surface area contributed by atoms with Gasteiger partial charge in [0.05, 0.1) is 6.61 Å². The molecule has 0 radical (unpaired) electrons. The fourth-order valence-electron chi connectivity index (χ4n) is 3.94. The number of piperidine rings is 1. The minimum Gasteiger partial charge on any atom is -0.384 e. The number of hydrogen-bond donors (Lipinski definition) is 2. The predicted molar refractivity (Wildman–Crippen MR) is 104 cm³/mol. The summed E-state index contributed by atoms with van der Waals surface area (Å²) in [5, 5.41) is 6.52. The lowest BCUT2D eigenvalue weighted by molar-refractivity contribution is 0.0512. The summed E-state index contributed by atoms with van der Waals surface area (Å²) in [4.78, 5) is 15.1. The summed E-state index contributed by atoms with van der Waals surface area (Å²) in [6.45, 7) is 7.63. The first-order valence-electron chi connectivity index (χ1n) is 9.97. The van der Waals surface area contributed by atoms with E-state index in [1.165, 1.54) is 18.4 Å². The van der Waals surface area contributed by atoms with Gasteiger partial charge in [-0.25, -0.2) is 0 Å². The summed E-state index contributed by atoms with van der Waals surface area (Å²) in [5.74, 6) is 0.0140. The van der Waals surface area contributed by atoms with Crippen LogP contribution in [0.5, 0.6) is 0 Å². The molecule has 0 aromatic heterocycles. The molecule has 1 heterocycles. The molecule has 0 unspecified atom stereocenters. The summed E-state index contributed by atoms with van der Waals surface area (Å²) < 4.78 is 5.43. The highest BCUT2D eigenvalue weighted by Crippen LogP contribution is 2.29. The van der Waals surface area contributed by atoms with E-state index in [1.807, 2.05) is 12.1 Å². The first kappa shape index (κ1) is 19.3. The zero-order valence-corrected chi connectivity index (χ0v) is 16.2. The average Bonchev–Trinajstić information content (AvgIpc) is 3.51. The van der Waals surface area contributed by atoms with E-state index in [2.05, 4.69) is 34.6 Å². The lowest BCUT2D eigenvalue weighted by atomic mass is 9.79. The molecule has 0 atom stereocenters. The van der Waals surface area contributed by atoms with Crippen molar-refractivity contribution >= 4 is 5.91 Å². The Morgan fingerprint density at radius 3 is 2.54 bits per heavy atom. The van der Waals surface area contributed by atoms with Gasteiger partial charge in [-0.2, -0.15) is 0 Å². The van der Waals surface area contributed by atoms with Crippen LogP contribution in [0.4, 0.5) is 0 Å². The summed E-state index contributed by atoms with van der Waals surface area (Å²) in [7, 11) is 1.74. The van der Waals surface area contributed by atoms with E-state index in [-0.39, 0.29) is 11.3 Å². The Labute approximate surface area is 157 Å². The number of carbonyl (C=O) groups excluding carboxylic acids is 1. The monoisotopic (exact) mass is 359 g/mol. The molecule has 1 saturated heterocycles. The van der Waals surface area contributed by atoms with Gasteiger partial charge in [0.25, 0.3) is 5.91 Å². The van der Waals surface area contributed by atoms with Crippen LogP contribution >= 0.6 is 0 Å². The Morgan fingerprint density at radius 2 is 1.96 bits per heavy atom. The number of hydrogen-bond acceptors (Lipinski definition) is 4. The molecule has 26 heavy (non-hydrogen) atoms. The SMILES string of the molecule is CCN(Cc1ccc(C(=O)NCC2(COC)CCNCC2)cc1)C1CC1. The largest absolute Gasteiger partial charge is 0.384 e. The maximum absolute atomic E-state index is 12.6. The third kappa shape index (κ3) is 5.06. The van der Waals surface area contributed by atoms with Crippen molar-refractivity contribution in [3.8, 4) is 0 Å². The summed E-state index contributed by atoms with van der Waals surface area (Å²) in [6.07, 6.45) is 4.72. The second-order valence-corrected chi connectivity index (χ2v) is 7.86. The second-order valence-electron chi connectivity index (χ2n) is 7.86. The van der Waals surface area contributed by atoms with Crippen LogP contribution in [0.3, 0.4) is 0 Å². The standard InChI is InChI=1S/C21H33N3O2/c1-3-24(19-8-9-19)14-17-4-6-18(7-5-17)20(25)23-15-21(16-26-2)10-12-22-13-11-21/h4-7,19,22H,3,8-16H2,1-2H3,(H,23,25). The molecule has 1 amide bonds. The number of nitrogens with one attached hydrogen (secondary N) is 2. The molecule has 5 heteroatoms. The molecule has 2 N–H and O–H groups in total. The predicted octanol–water partition coefficient (Wildman–Crippen LogP) is 2.42. The number of ether oxygens (including phenoxy) is 1. The third-order valence-electron chi connectivity index (χ3n) is 5.81. The van der Waals surface area contributed by atoms with Crippen molar-refractivity contribution in [1.82, 2.24) is 15.5 Å². The minimum absolute atomic E-state index is 0.0140. The Hall–Kier alpha value is -1.43. The summed E-state index contributed by atoms with van der Waals surface area (Å²) in [5.41, 5.74) is 2.08. The maximum Gasteiger partial charge on any atom is 0.251 e. The van der Waals surface area contributed by atoms with Gasteiger partial charge >= 0.3 is 0 Å². The van der Waals surface area contributed by atoms with Gasteiger partial charge in [-0.1, -0.05) is 19.1 Å². The van der Waals surface area contributed by atoms with Gasteiger partial charge in [0.2, 0.25) is 0 Å². The Kier molecular flexibility index (Phi) is 6.68. The first-order chi connectivity index (χ1) is 12.7. The molecular weight excluding hydrogens is 326 g/mol. The van der Waals surface area contributed by atoms with E-state index in [1.54, 1.807) is 7.11 Å². The quantitative estimate of drug-likeness (QED) is 0.711. The zero-order valence-electron chi connectivity index (χ0n) is 16.2. The number of amides is 1. The van der Waals surface area contributed by atoms with Crippen molar-refractivity contribution in [2.24, 2.45) is 5.41 Å². The average molecular weight is 360 g/mol. The molecular formula is C21H33N3O2. The maximum atomic E-state index is 12.6. The van der Waals surface area contributed by atoms with Crippen LogP contribution in [0.15, 0.2) is 24.3 Å². The van der Waals surface area contributed by atoms with Gasteiger partial charge in [-0.05, 0) is 63.0 Å². The van der Waals surface area contributed by atoms with Crippen molar-refractivity contribution in [2.75, 3.05) is 39.9 Å². The fraction of sp³-hybridized carbons (Fsp3) is 0.667. The molecule has 1 aromatic carbocycles. The number of rotatable bonds is 9. The van der Waals surface area contributed by atoms with Gasteiger partial charge in [-0.15, -0.1) is 0 Å². The van der Waals surface area contributed by atoms with Gasteiger partial charge in [0.1, 0.15) is 0 Å². The van der Waals surface area contributed by atoms with Crippen LogP contribution in [0, 0.1) is 5.41 Å². The van der Waals surface area contributed by atoms with Crippen molar-refractivity contribution in [1.29, 1.82) is 0 Å². The number of methoxy groups -OCH3 is 1. The molecule has 2 aliphatic rings. The summed E-state index contributed by atoms with van der Waals surface area (Å²) >= 11 is 0. The van der Waals surface area contributed by atoms with Gasteiger partial charge < -0.3 is 15.4 Å². The Balaban J connectivity index is 1.54. The van der Waals surface area contributed by atoms with Crippen LogP contribution in [0.2, 0.25) is 0 Å². The van der Waals surface area contributed by atoms with E-state index in [9.17, 15) is 4.79 Å². The highest BCUT2D eigenvalue weighted by Gasteiger charge is 2.32. The second kappa shape index (κ2) is 8.98. The molecule has 1 saturated carbocycles. The minimum atomic E-state index is 0.0140. The van der Waals surface area contributed by atoms with Crippen LogP contribution < -0.4 is 10.6 Å². The molecule has 144 valence electrons. The van der Waals surface area contributed by atoms with Crippen molar-refractivity contribution in [2.45, 2.75) is 45.2 Å². The van der Waals surface area contributed by atoms with Crippen LogP contribution in [-0.4, -0.2) is 56.7 Å². The molecule has 2 fully saturated rings. The van der Waals surface area contributed by atoms with E-state index < -0.39 is 0 Å². The smallest absolute Gasteiger partial charge is 0.251 e.